The minimum atomic E-state index is -1.19. The fourth-order valence-electron chi connectivity index (χ4n) is 1.62. The summed E-state index contributed by atoms with van der Waals surface area (Å²) in [7, 11) is 1.42. The average Bonchev–Trinajstić information content (AvgIpc) is 2.71. The highest BCUT2D eigenvalue weighted by Crippen LogP contribution is 2.31. The summed E-state index contributed by atoms with van der Waals surface area (Å²) in [5.41, 5.74) is 0.343. The lowest BCUT2D eigenvalue weighted by atomic mass is 10.1. The first-order chi connectivity index (χ1) is 8.52. The minimum absolute atomic E-state index is 0.135. The Morgan fingerprint density at radius 2 is 2.17 bits per heavy atom. The number of rotatable bonds is 3. The molecular formula is C11H9FN2O3S. The number of aromatic nitrogens is 2. The molecule has 1 aromatic heterocycles. The fraction of sp³-hybridized carbons (Fsp3) is 0.0909. The van der Waals surface area contributed by atoms with Gasteiger partial charge >= 0.3 is 5.97 Å². The van der Waals surface area contributed by atoms with Crippen molar-refractivity contribution in [3.63, 3.8) is 0 Å². The number of carboxylic acids is 1. The highest BCUT2D eigenvalue weighted by atomic mass is 32.1. The summed E-state index contributed by atoms with van der Waals surface area (Å²) >= 11 is 4.84. The zero-order valence-corrected chi connectivity index (χ0v) is 10.1. The zero-order chi connectivity index (χ0) is 13.3. The van der Waals surface area contributed by atoms with E-state index in [0.29, 0.717) is 11.3 Å². The van der Waals surface area contributed by atoms with E-state index in [1.54, 1.807) is 0 Å². The average molecular weight is 268 g/mol. The molecule has 0 aliphatic heterocycles. The molecule has 2 rings (SSSR count). The molecule has 0 saturated heterocycles. The van der Waals surface area contributed by atoms with Crippen LogP contribution in [0.2, 0.25) is 0 Å². The van der Waals surface area contributed by atoms with Gasteiger partial charge in [0.25, 0.3) is 0 Å². The smallest absolute Gasteiger partial charge is 0.354 e. The van der Waals surface area contributed by atoms with Crippen LogP contribution in [-0.2, 0) is 0 Å². The summed E-state index contributed by atoms with van der Waals surface area (Å²) in [6.45, 7) is 0. The molecule has 0 bridgehead atoms. The monoisotopic (exact) mass is 268 g/mol. The Hall–Kier alpha value is -2.15. The van der Waals surface area contributed by atoms with Crippen molar-refractivity contribution < 1.29 is 19.0 Å². The van der Waals surface area contributed by atoms with E-state index in [1.165, 1.54) is 25.3 Å². The van der Waals surface area contributed by atoms with Gasteiger partial charge in [-0.1, -0.05) is 0 Å². The third-order valence-electron chi connectivity index (χ3n) is 2.37. The van der Waals surface area contributed by atoms with E-state index >= 15 is 0 Å². The van der Waals surface area contributed by atoms with Crippen LogP contribution in [0.1, 0.15) is 10.5 Å². The van der Waals surface area contributed by atoms with E-state index in [-0.39, 0.29) is 16.2 Å². The molecule has 0 saturated carbocycles. The molecule has 3 N–H and O–H groups in total. The van der Waals surface area contributed by atoms with Gasteiger partial charge in [-0.15, -0.1) is 0 Å². The highest BCUT2D eigenvalue weighted by molar-refractivity contribution is 7.71. The summed E-state index contributed by atoms with van der Waals surface area (Å²) in [6, 6.07) is 3.82. The van der Waals surface area contributed by atoms with Crippen molar-refractivity contribution in [2.75, 3.05) is 7.11 Å². The second-order valence-corrected chi connectivity index (χ2v) is 3.89. The van der Waals surface area contributed by atoms with Crippen molar-refractivity contribution >= 4 is 18.2 Å². The first-order valence-electron chi connectivity index (χ1n) is 4.92. The molecule has 18 heavy (non-hydrogen) atoms. The van der Waals surface area contributed by atoms with Crippen LogP contribution in [0.15, 0.2) is 18.2 Å². The highest BCUT2D eigenvalue weighted by Gasteiger charge is 2.18. The van der Waals surface area contributed by atoms with Crippen molar-refractivity contribution in [3.05, 3.63) is 34.5 Å². The van der Waals surface area contributed by atoms with Gasteiger partial charge in [-0.05, 0) is 30.4 Å². The lowest BCUT2D eigenvalue weighted by molar-refractivity contribution is 0.0692. The van der Waals surface area contributed by atoms with Gasteiger partial charge in [0.05, 0.1) is 12.8 Å². The van der Waals surface area contributed by atoms with Gasteiger partial charge in [0.15, 0.2) is 10.5 Å². The van der Waals surface area contributed by atoms with Gasteiger partial charge < -0.3 is 19.8 Å². The molecule has 1 aromatic carbocycles. The molecule has 5 nitrogen and oxygen atoms in total. The van der Waals surface area contributed by atoms with E-state index in [0.717, 1.165) is 0 Å². The Labute approximate surface area is 106 Å². The first-order valence-corrected chi connectivity index (χ1v) is 5.33. The van der Waals surface area contributed by atoms with Gasteiger partial charge in [-0.2, -0.15) is 0 Å². The Bertz CT molecular complexity index is 663. The third kappa shape index (κ3) is 2.12. The summed E-state index contributed by atoms with van der Waals surface area (Å²) in [4.78, 5) is 16.2. The number of ether oxygens (including phenoxy) is 1. The van der Waals surface area contributed by atoms with Crippen LogP contribution in [0.4, 0.5) is 4.39 Å². The molecule has 1 heterocycles. The molecule has 0 atom stereocenters. The van der Waals surface area contributed by atoms with Gasteiger partial charge in [-0.3, -0.25) is 0 Å². The maximum Gasteiger partial charge on any atom is 0.354 e. The normalized spacial score (nSPS) is 10.3. The van der Waals surface area contributed by atoms with Crippen LogP contribution in [0.25, 0.3) is 11.3 Å². The zero-order valence-electron chi connectivity index (χ0n) is 9.28. The largest absolute Gasteiger partial charge is 0.496 e. The standard InChI is InChI=1S/C11H9FN2O3S/c1-17-7-3-2-5(12)4-6(7)8-9(10(15)16)14-11(18)13-8/h2-4H,1H3,(H,15,16)(H2,13,14,18). The van der Waals surface area contributed by atoms with E-state index in [1.807, 2.05) is 0 Å². The van der Waals surface area contributed by atoms with Crippen LogP contribution >= 0.6 is 12.2 Å². The molecule has 0 unspecified atom stereocenters. The van der Waals surface area contributed by atoms with Gasteiger partial charge in [-0.25, -0.2) is 9.18 Å². The van der Waals surface area contributed by atoms with E-state index in [2.05, 4.69) is 9.97 Å². The van der Waals surface area contributed by atoms with Crippen LogP contribution in [0.5, 0.6) is 5.75 Å². The topological polar surface area (TPSA) is 78.1 Å². The van der Waals surface area contributed by atoms with Crippen LogP contribution in [-0.4, -0.2) is 28.2 Å². The number of halogens is 1. The third-order valence-corrected chi connectivity index (χ3v) is 2.58. The number of carbonyl (C=O) groups is 1. The number of nitrogens with one attached hydrogen (secondary N) is 2. The molecule has 0 aliphatic carbocycles. The summed E-state index contributed by atoms with van der Waals surface area (Å²) in [6.07, 6.45) is 0. The second kappa shape index (κ2) is 4.61. The molecule has 0 aliphatic rings. The quantitative estimate of drug-likeness (QED) is 0.748. The van der Waals surface area contributed by atoms with E-state index in [9.17, 15) is 9.18 Å². The summed E-state index contributed by atoms with van der Waals surface area (Å²) < 4.78 is 18.5. The predicted molar refractivity (Wildman–Crippen MR) is 64.9 cm³/mol. The second-order valence-electron chi connectivity index (χ2n) is 3.48. The van der Waals surface area contributed by atoms with Crippen LogP contribution in [0.3, 0.4) is 0 Å². The molecule has 94 valence electrons. The van der Waals surface area contributed by atoms with E-state index in [4.69, 9.17) is 22.1 Å². The lowest BCUT2D eigenvalue weighted by Gasteiger charge is -2.07. The van der Waals surface area contributed by atoms with Crippen molar-refractivity contribution in [2.24, 2.45) is 0 Å². The number of hydrogen-bond acceptors (Lipinski definition) is 3. The molecule has 2 aromatic rings. The van der Waals surface area contributed by atoms with E-state index < -0.39 is 11.8 Å². The van der Waals surface area contributed by atoms with Crippen molar-refractivity contribution in [2.45, 2.75) is 0 Å². The van der Waals surface area contributed by atoms with Crippen molar-refractivity contribution in [1.29, 1.82) is 0 Å². The minimum Gasteiger partial charge on any atom is -0.496 e. The summed E-state index contributed by atoms with van der Waals surface area (Å²) in [5.74, 6) is -1.34. The molecular weight excluding hydrogens is 259 g/mol. The predicted octanol–water partition coefficient (Wildman–Crippen LogP) is 2.59. The molecule has 0 fully saturated rings. The lowest BCUT2D eigenvalue weighted by Crippen LogP contribution is -2.00. The SMILES string of the molecule is COc1ccc(F)cc1-c1[nH]c(=S)[nH]c1C(=O)O. The van der Waals surface area contributed by atoms with Gasteiger partial charge in [0, 0.05) is 5.56 Å². The van der Waals surface area contributed by atoms with Crippen molar-refractivity contribution in [3.8, 4) is 17.0 Å². The Morgan fingerprint density at radius 1 is 1.44 bits per heavy atom. The number of hydrogen-bond donors (Lipinski definition) is 3. The fourth-order valence-corrected chi connectivity index (χ4v) is 1.83. The van der Waals surface area contributed by atoms with Gasteiger partial charge in [0.1, 0.15) is 11.6 Å². The van der Waals surface area contributed by atoms with Crippen molar-refractivity contribution in [1.82, 2.24) is 9.97 Å². The summed E-state index contributed by atoms with van der Waals surface area (Å²) in [5, 5.41) is 9.04. The number of aromatic carboxylic acids is 1. The number of aromatic amines is 2. The van der Waals surface area contributed by atoms with Crippen LogP contribution in [0, 0.1) is 10.6 Å². The Kier molecular flexibility index (Phi) is 3.15. The number of benzene rings is 1. The first kappa shape index (κ1) is 12.3. The molecule has 0 spiro atoms. The number of carboxylic acid groups (broad SMARTS) is 1. The maximum atomic E-state index is 13.3. The molecule has 7 heteroatoms. The van der Waals surface area contributed by atoms with Crippen LogP contribution < -0.4 is 4.74 Å². The molecule has 0 amide bonds. The number of methoxy groups -OCH3 is 1. The Balaban J connectivity index is 2.71. The van der Waals surface area contributed by atoms with Gasteiger partial charge in [0.2, 0.25) is 0 Å². The number of H-pyrrole nitrogens is 2. The maximum absolute atomic E-state index is 13.3. The molecule has 0 radical (unpaired) electrons. The number of imidazole rings is 1. The Morgan fingerprint density at radius 3 is 2.78 bits per heavy atom.